The maximum Gasteiger partial charge on any atom is 0.195 e. The molecule has 35 heavy (non-hydrogen) atoms. The standard InChI is InChI=1S/C30H22N4O/c35-28(25-12-6-10-22-9-4-5-11-24(22)25)26-18-31-29-27(26)30(33-19-32-29)34-23-15-13-21(14-16-23)17-20-7-2-1-3-8-20/h1-16,18-19H,17H2,(H2,31,32,33,34). The highest BCUT2D eigenvalue weighted by atomic mass is 16.1. The van der Waals surface area contributed by atoms with Crippen LogP contribution >= 0.6 is 0 Å². The van der Waals surface area contributed by atoms with E-state index in [1.165, 1.54) is 17.5 Å². The molecule has 2 aromatic heterocycles. The van der Waals surface area contributed by atoms with Gasteiger partial charge in [-0.1, -0.05) is 84.9 Å². The highest BCUT2D eigenvalue weighted by Gasteiger charge is 2.20. The number of nitrogens with zero attached hydrogens (tertiary/aromatic N) is 2. The normalized spacial score (nSPS) is 11.1. The summed E-state index contributed by atoms with van der Waals surface area (Å²) in [6.45, 7) is 0. The van der Waals surface area contributed by atoms with E-state index < -0.39 is 0 Å². The number of nitrogens with one attached hydrogen (secondary N) is 2. The van der Waals surface area contributed by atoms with Gasteiger partial charge in [0, 0.05) is 17.4 Å². The van der Waals surface area contributed by atoms with Crippen LogP contribution in [0.3, 0.4) is 0 Å². The number of hydrogen-bond donors (Lipinski definition) is 2. The first-order chi connectivity index (χ1) is 17.3. The molecule has 0 saturated carbocycles. The summed E-state index contributed by atoms with van der Waals surface area (Å²) in [5.74, 6) is 0.528. The fourth-order valence-electron chi connectivity index (χ4n) is 4.48. The molecule has 0 saturated heterocycles. The number of aromatic nitrogens is 3. The lowest BCUT2D eigenvalue weighted by molar-refractivity contribution is 0.104. The van der Waals surface area contributed by atoms with E-state index in [2.05, 4.69) is 56.7 Å². The molecule has 0 spiro atoms. The van der Waals surface area contributed by atoms with E-state index in [1.807, 2.05) is 60.7 Å². The minimum absolute atomic E-state index is 0.0656. The van der Waals surface area contributed by atoms with Gasteiger partial charge in [-0.25, -0.2) is 9.97 Å². The van der Waals surface area contributed by atoms with Gasteiger partial charge in [0.05, 0.1) is 10.9 Å². The first-order valence-electron chi connectivity index (χ1n) is 11.5. The summed E-state index contributed by atoms with van der Waals surface area (Å²) in [4.78, 5) is 25.6. The number of aromatic amines is 1. The van der Waals surface area contributed by atoms with Crippen molar-refractivity contribution in [3.05, 3.63) is 132 Å². The molecule has 0 unspecified atom stereocenters. The molecule has 6 aromatic rings. The molecule has 0 aliphatic carbocycles. The van der Waals surface area contributed by atoms with Crippen LogP contribution in [0.1, 0.15) is 27.0 Å². The molecule has 0 aliphatic rings. The average molecular weight is 455 g/mol. The zero-order chi connectivity index (χ0) is 23.6. The largest absolute Gasteiger partial charge is 0.345 e. The molecule has 0 amide bonds. The van der Waals surface area contributed by atoms with Crippen LogP contribution in [0, 0.1) is 0 Å². The van der Waals surface area contributed by atoms with Gasteiger partial charge in [-0.2, -0.15) is 0 Å². The number of anilines is 2. The van der Waals surface area contributed by atoms with Crippen LogP contribution in [-0.2, 0) is 6.42 Å². The van der Waals surface area contributed by atoms with E-state index in [0.717, 1.165) is 22.9 Å². The molecule has 168 valence electrons. The van der Waals surface area contributed by atoms with E-state index in [1.54, 1.807) is 6.20 Å². The molecule has 0 radical (unpaired) electrons. The monoisotopic (exact) mass is 454 g/mol. The van der Waals surface area contributed by atoms with E-state index in [9.17, 15) is 4.79 Å². The van der Waals surface area contributed by atoms with Crippen molar-refractivity contribution in [2.75, 3.05) is 5.32 Å². The Balaban J connectivity index is 1.33. The molecule has 0 atom stereocenters. The highest BCUT2D eigenvalue weighted by molar-refractivity contribution is 6.22. The molecule has 2 heterocycles. The Kier molecular flexibility index (Phi) is 5.28. The topological polar surface area (TPSA) is 70.7 Å². The first kappa shape index (κ1) is 20.8. The van der Waals surface area contributed by atoms with Crippen molar-refractivity contribution < 1.29 is 4.79 Å². The summed E-state index contributed by atoms with van der Waals surface area (Å²) in [6.07, 6.45) is 4.09. The Hall–Kier alpha value is -4.77. The fourth-order valence-corrected chi connectivity index (χ4v) is 4.48. The van der Waals surface area contributed by atoms with Gasteiger partial charge in [0.15, 0.2) is 5.78 Å². The van der Waals surface area contributed by atoms with E-state index in [4.69, 9.17) is 0 Å². The van der Waals surface area contributed by atoms with Gasteiger partial charge in [-0.3, -0.25) is 4.79 Å². The second-order valence-corrected chi connectivity index (χ2v) is 8.49. The predicted octanol–water partition coefficient (Wildman–Crippen LogP) is 6.68. The maximum absolute atomic E-state index is 13.7. The quantitative estimate of drug-likeness (QED) is 0.276. The van der Waals surface area contributed by atoms with Crippen molar-refractivity contribution in [1.82, 2.24) is 15.0 Å². The minimum atomic E-state index is -0.0656. The Labute approximate surface area is 202 Å². The van der Waals surface area contributed by atoms with Gasteiger partial charge in [0.2, 0.25) is 0 Å². The smallest absolute Gasteiger partial charge is 0.195 e. The van der Waals surface area contributed by atoms with Crippen molar-refractivity contribution in [2.24, 2.45) is 0 Å². The van der Waals surface area contributed by atoms with Crippen LogP contribution in [0.15, 0.2) is 110 Å². The number of hydrogen-bond acceptors (Lipinski definition) is 4. The van der Waals surface area contributed by atoms with Crippen molar-refractivity contribution in [3.8, 4) is 0 Å². The van der Waals surface area contributed by atoms with E-state index in [-0.39, 0.29) is 5.78 Å². The summed E-state index contributed by atoms with van der Waals surface area (Å²) in [5, 5.41) is 6.02. The number of ketones is 1. The molecule has 0 aliphatic heterocycles. The van der Waals surface area contributed by atoms with Crippen molar-refractivity contribution in [3.63, 3.8) is 0 Å². The SMILES string of the molecule is O=C(c1cccc2ccccc12)c1c[nH]c2ncnc(Nc3ccc(Cc4ccccc4)cc3)c12. The van der Waals surface area contributed by atoms with E-state index >= 15 is 0 Å². The lowest BCUT2D eigenvalue weighted by Crippen LogP contribution is -2.03. The summed E-state index contributed by atoms with van der Waals surface area (Å²) >= 11 is 0. The molecule has 0 bridgehead atoms. The second kappa shape index (κ2) is 8.88. The van der Waals surface area contributed by atoms with Crippen LogP contribution < -0.4 is 5.32 Å². The van der Waals surface area contributed by atoms with Gasteiger partial charge < -0.3 is 10.3 Å². The second-order valence-electron chi connectivity index (χ2n) is 8.49. The molecule has 0 fully saturated rings. The van der Waals surface area contributed by atoms with Crippen LogP contribution in [0.4, 0.5) is 11.5 Å². The summed E-state index contributed by atoms with van der Waals surface area (Å²) < 4.78 is 0. The Morgan fingerprint density at radius 3 is 2.34 bits per heavy atom. The van der Waals surface area contributed by atoms with Crippen molar-refractivity contribution in [2.45, 2.75) is 6.42 Å². The maximum atomic E-state index is 13.7. The van der Waals surface area contributed by atoms with Gasteiger partial charge in [-0.05, 0) is 40.5 Å². The zero-order valence-corrected chi connectivity index (χ0v) is 18.9. The van der Waals surface area contributed by atoms with Crippen LogP contribution in [0.5, 0.6) is 0 Å². The first-order valence-corrected chi connectivity index (χ1v) is 11.5. The number of carbonyl (C=O) groups is 1. The van der Waals surface area contributed by atoms with Crippen molar-refractivity contribution in [1.29, 1.82) is 0 Å². The highest BCUT2D eigenvalue weighted by Crippen LogP contribution is 2.30. The lowest BCUT2D eigenvalue weighted by atomic mass is 9.97. The summed E-state index contributed by atoms with van der Waals surface area (Å²) in [7, 11) is 0. The number of benzene rings is 4. The molecule has 4 aromatic carbocycles. The Morgan fingerprint density at radius 2 is 1.49 bits per heavy atom. The summed E-state index contributed by atoms with van der Waals surface area (Å²) in [6, 6.07) is 32.4. The molecule has 5 nitrogen and oxygen atoms in total. The Bertz CT molecular complexity index is 1650. The van der Waals surface area contributed by atoms with Crippen LogP contribution in [-0.4, -0.2) is 20.7 Å². The number of carbonyl (C=O) groups excluding carboxylic acids is 1. The Morgan fingerprint density at radius 1 is 0.743 bits per heavy atom. The van der Waals surface area contributed by atoms with Gasteiger partial charge in [0.25, 0.3) is 0 Å². The summed E-state index contributed by atoms with van der Waals surface area (Å²) in [5.41, 5.74) is 5.21. The third-order valence-electron chi connectivity index (χ3n) is 6.22. The fraction of sp³-hybridized carbons (Fsp3) is 0.0333. The van der Waals surface area contributed by atoms with E-state index in [0.29, 0.717) is 28.0 Å². The molecular formula is C30H22N4O. The van der Waals surface area contributed by atoms with Crippen LogP contribution in [0.25, 0.3) is 21.8 Å². The molecule has 2 N–H and O–H groups in total. The third-order valence-corrected chi connectivity index (χ3v) is 6.22. The van der Waals surface area contributed by atoms with Crippen molar-refractivity contribution >= 4 is 39.1 Å². The van der Waals surface area contributed by atoms with Gasteiger partial charge in [-0.15, -0.1) is 0 Å². The average Bonchev–Trinajstić information content (AvgIpc) is 3.35. The van der Waals surface area contributed by atoms with Crippen LogP contribution in [0.2, 0.25) is 0 Å². The number of H-pyrrole nitrogens is 1. The molecular weight excluding hydrogens is 432 g/mol. The predicted molar refractivity (Wildman–Crippen MR) is 140 cm³/mol. The lowest BCUT2D eigenvalue weighted by Gasteiger charge is -2.10. The third kappa shape index (κ3) is 4.04. The molecule has 6 rings (SSSR count). The number of fused-ring (bicyclic) bond motifs is 2. The van der Waals surface area contributed by atoms with Gasteiger partial charge in [0.1, 0.15) is 17.8 Å². The minimum Gasteiger partial charge on any atom is -0.345 e. The molecule has 5 heteroatoms. The zero-order valence-electron chi connectivity index (χ0n) is 18.9. The van der Waals surface area contributed by atoms with Gasteiger partial charge >= 0.3 is 0 Å². The number of rotatable bonds is 6.